The summed E-state index contributed by atoms with van der Waals surface area (Å²) < 4.78 is 1.82. The van der Waals surface area contributed by atoms with Gasteiger partial charge in [0.15, 0.2) is 0 Å². The zero-order valence-corrected chi connectivity index (χ0v) is 10.4. The number of nitrogens with zero attached hydrogens (tertiary/aromatic N) is 3. The molecule has 0 fully saturated rings. The van der Waals surface area contributed by atoms with Gasteiger partial charge in [-0.2, -0.15) is 10.2 Å². The molecule has 0 bridgehead atoms. The van der Waals surface area contributed by atoms with Crippen LogP contribution in [-0.4, -0.2) is 20.0 Å². The Balaban J connectivity index is 1.98. The van der Waals surface area contributed by atoms with Gasteiger partial charge >= 0.3 is 0 Å². The number of hydrogen-bond donors (Lipinski definition) is 1. The van der Waals surface area contributed by atoms with Crippen molar-refractivity contribution in [2.75, 3.05) is 0 Å². The molecule has 2 heterocycles. The zero-order valence-electron chi connectivity index (χ0n) is 10.4. The molecule has 0 aliphatic rings. The molecule has 0 saturated carbocycles. The van der Waals surface area contributed by atoms with Gasteiger partial charge in [-0.05, 0) is 24.3 Å². The Morgan fingerprint density at radius 2 is 2.21 bits per heavy atom. The number of benzene rings is 2. The first-order chi connectivity index (χ1) is 9.31. The topological polar surface area (TPSA) is 46.5 Å². The maximum absolute atomic E-state index is 4.43. The van der Waals surface area contributed by atoms with Crippen molar-refractivity contribution >= 4 is 21.8 Å². The van der Waals surface area contributed by atoms with E-state index in [-0.39, 0.29) is 0 Å². The molecule has 4 aromatic rings. The van der Waals surface area contributed by atoms with Crippen LogP contribution in [0.4, 0.5) is 0 Å². The second-order valence-electron chi connectivity index (χ2n) is 4.62. The van der Waals surface area contributed by atoms with Crippen molar-refractivity contribution in [1.82, 2.24) is 20.0 Å². The summed E-state index contributed by atoms with van der Waals surface area (Å²) in [5, 5.41) is 14.1. The molecule has 2 aromatic heterocycles. The van der Waals surface area contributed by atoms with Crippen LogP contribution in [0.1, 0.15) is 0 Å². The van der Waals surface area contributed by atoms with Crippen LogP contribution in [0.25, 0.3) is 33.1 Å². The highest BCUT2D eigenvalue weighted by Crippen LogP contribution is 2.27. The van der Waals surface area contributed by atoms with Crippen molar-refractivity contribution in [3.05, 3.63) is 48.7 Å². The summed E-state index contributed by atoms with van der Waals surface area (Å²) in [5.41, 5.74) is 4.02. The van der Waals surface area contributed by atoms with E-state index in [0.717, 1.165) is 33.1 Å². The number of rotatable bonds is 1. The van der Waals surface area contributed by atoms with E-state index >= 15 is 0 Å². The normalized spacial score (nSPS) is 11.4. The second-order valence-corrected chi connectivity index (χ2v) is 4.62. The minimum Gasteiger partial charge on any atom is -0.277 e. The summed E-state index contributed by atoms with van der Waals surface area (Å²) in [6.45, 7) is 0. The van der Waals surface area contributed by atoms with Crippen LogP contribution in [0.2, 0.25) is 0 Å². The van der Waals surface area contributed by atoms with Gasteiger partial charge in [0.2, 0.25) is 0 Å². The van der Waals surface area contributed by atoms with Gasteiger partial charge in [-0.25, -0.2) is 0 Å². The summed E-state index contributed by atoms with van der Waals surface area (Å²) in [4.78, 5) is 0. The van der Waals surface area contributed by atoms with Crippen LogP contribution in [-0.2, 0) is 7.05 Å². The van der Waals surface area contributed by atoms with Gasteiger partial charge in [0.05, 0.1) is 16.7 Å². The highest BCUT2D eigenvalue weighted by molar-refractivity contribution is 5.95. The van der Waals surface area contributed by atoms with Gasteiger partial charge in [-0.1, -0.05) is 18.2 Å². The second kappa shape index (κ2) is 3.68. The highest BCUT2D eigenvalue weighted by atomic mass is 15.2. The first-order valence-corrected chi connectivity index (χ1v) is 6.09. The van der Waals surface area contributed by atoms with Crippen molar-refractivity contribution in [2.45, 2.75) is 0 Å². The number of aromatic amines is 1. The molecule has 0 saturated heterocycles. The number of H-pyrrole nitrogens is 1. The van der Waals surface area contributed by atoms with Crippen LogP contribution in [0.5, 0.6) is 0 Å². The first kappa shape index (κ1) is 10.3. The summed E-state index contributed by atoms with van der Waals surface area (Å²) in [7, 11) is 1.93. The van der Waals surface area contributed by atoms with E-state index < -0.39 is 0 Å². The molecule has 0 aliphatic heterocycles. The third-order valence-corrected chi connectivity index (χ3v) is 3.30. The van der Waals surface area contributed by atoms with Crippen LogP contribution in [0.15, 0.2) is 42.6 Å². The Kier molecular flexibility index (Phi) is 2.00. The lowest BCUT2D eigenvalue weighted by atomic mass is 10.1. The molecule has 4 rings (SSSR count). The molecule has 0 amide bonds. The van der Waals surface area contributed by atoms with Crippen molar-refractivity contribution in [1.29, 1.82) is 0 Å². The molecule has 2 aromatic carbocycles. The number of aryl methyl sites for hydroxylation is 1. The number of aromatic nitrogens is 4. The van der Waals surface area contributed by atoms with E-state index in [1.54, 1.807) is 0 Å². The van der Waals surface area contributed by atoms with E-state index in [0.29, 0.717) is 0 Å². The Morgan fingerprint density at radius 1 is 1.26 bits per heavy atom. The van der Waals surface area contributed by atoms with Crippen LogP contribution in [0, 0.1) is 6.07 Å². The Labute approximate surface area is 109 Å². The third-order valence-electron chi connectivity index (χ3n) is 3.30. The highest BCUT2D eigenvalue weighted by Gasteiger charge is 2.09. The SMILES string of the molecule is Cn1cc2ccc(-c3n[nH]c4cc[c]cc34)cc2n1. The van der Waals surface area contributed by atoms with Crippen LogP contribution in [0.3, 0.4) is 0 Å². The maximum atomic E-state index is 4.43. The quantitative estimate of drug-likeness (QED) is 0.562. The van der Waals surface area contributed by atoms with Gasteiger partial charge in [0.25, 0.3) is 0 Å². The zero-order chi connectivity index (χ0) is 12.8. The first-order valence-electron chi connectivity index (χ1n) is 6.09. The van der Waals surface area contributed by atoms with E-state index in [9.17, 15) is 0 Å². The Morgan fingerprint density at radius 3 is 3.16 bits per heavy atom. The lowest BCUT2D eigenvalue weighted by molar-refractivity contribution is 0.780. The lowest BCUT2D eigenvalue weighted by Gasteiger charge is -1.97. The molecule has 0 unspecified atom stereocenters. The van der Waals surface area contributed by atoms with Crippen molar-refractivity contribution in [3.8, 4) is 11.3 Å². The van der Waals surface area contributed by atoms with Gasteiger partial charge in [-0.15, -0.1) is 0 Å². The molecule has 4 heteroatoms. The predicted octanol–water partition coefficient (Wildman–Crippen LogP) is 2.92. The molecule has 4 nitrogen and oxygen atoms in total. The number of fused-ring (bicyclic) bond motifs is 2. The number of nitrogens with one attached hydrogen (secondary N) is 1. The van der Waals surface area contributed by atoms with Crippen LogP contribution < -0.4 is 0 Å². The van der Waals surface area contributed by atoms with Crippen molar-refractivity contribution < 1.29 is 0 Å². The monoisotopic (exact) mass is 247 g/mol. The van der Waals surface area contributed by atoms with Crippen LogP contribution >= 0.6 is 0 Å². The molecule has 91 valence electrons. The summed E-state index contributed by atoms with van der Waals surface area (Å²) >= 11 is 0. The van der Waals surface area contributed by atoms with E-state index in [1.165, 1.54) is 0 Å². The average molecular weight is 247 g/mol. The smallest absolute Gasteiger partial charge is 0.1000 e. The van der Waals surface area contributed by atoms with Gasteiger partial charge in [0, 0.05) is 29.6 Å². The Bertz CT molecular complexity index is 885. The van der Waals surface area contributed by atoms with Crippen molar-refractivity contribution in [2.24, 2.45) is 7.05 Å². The summed E-state index contributed by atoms with van der Waals surface area (Å²) in [5.74, 6) is 0. The van der Waals surface area contributed by atoms with E-state index in [1.807, 2.05) is 36.1 Å². The van der Waals surface area contributed by atoms with Crippen molar-refractivity contribution in [3.63, 3.8) is 0 Å². The number of hydrogen-bond acceptors (Lipinski definition) is 2. The molecule has 19 heavy (non-hydrogen) atoms. The molecule has 0 aliphatic carbocycles. The van der Waals surface area contributed by atoms with E-state index in [4.69, 9.17) is 0 Å². The fraction of sp³-hybridized carbons (Fsp3) is 0.0667. The summed E-state index contributed by atoms with van der Waals surface area (Å²) in [6, 6.07) is 15.1. The molecule has 0 spiro atoms. The minimum atomic E-state index is 0.944. The van der Waals surface area contributed by atoms with E-state index in [2.05, 4.69) is 39.6 Å². The van der Waals surface area contributed by atoms with Gasteiger partial charge < -0.3 is 0 Å². The fourth-order valence-electron chi connectivity index (χ4n) is 2.41. The lowest BCUT2D eigenvalue weighted by Crippen LogP contribution is -1.85. The van der Waals surface area contributed by atoms with Gasteiger partial charge in [0.1, 0.15) is 0 Å². The maximum Gasteiger partial charge on any atom is 0.1000 e. The molecule has 1 N–H and O–H groups in total. The molecule has 1 radical (unpaired) electrons. The third kappa shape index (κ3) is 1.53. The minimum absolute atomic E-state index is 0.944. The largest absolute Gasteiger partial charge is 0.277 e. The molecular formula is C15H11N4. The fourth-order valence-corrected chi connectivity index (χ4v) is 2.41. The average Bonchev–Trinajstić information content (AvgIpc) is 2.99. The molecule has 0 atom stereocenters. The van der Waals surface area contributed by atoms with Gasteiger partial charge in [-0.3, -0.25) is 9.78 Å². The molecular weight excluding hydrogens is 236 g/mol. The Hall–Kier alpha value is -2.62. The predicted molar refractivity (Wildman–Crippen MR) is 74.6 cm³/mol. The summed E-state index contributed by atoms with van der Waals surface area (Å²) in [6.07, 6.45) is 2.01. The standard InChI is InChI=1S/C15H11N4/c1-19-9-11-7-6-10(8-14(11)18-19)15-12-4-2-3-5-13(12)16-17-15/h3-9H,1H3,(H,16,17).